The van der Waals surface area contributed by atoms with Gasteiger partial charge in [-0.15, -0.1) is 0 Å². The van der Waals surface area contributed by atoms with Crippen molar-refractivity contribution in [3.8, 4) is 5.69 Å². The minimum absolute atomic E-state index is 0.225. The molecule has 3 heterocycles. The van der Waals surface area contributed by atoms with Crippen LogP contribution < -0.4 is 5.32 Å². The molecule has 0 unspecified atom stereocenters. The zero-order valence-corrected chi connectivity index (χ0v) is 16.9. The van der Waals surface area contributed by atoms with Crippen molar-refractivity contribution in [2.24, 2.45) is 0 Å². The summed E-state index contributed by atoms with van der Waals surface area (Å²) in [6.07, 6.45) is 3.57. The molecule has 5 rings (SSSR count). The number of pyridine rings is 1. The monoisotopic (exact) mass is 408 g/mol. The fourth-order valence-corrected chi connectivity index (χ4v) is 3.61. The van der Waals surface area contributed by atoms with Gasteiger partial charge in [-0.05, 0) is 49.4 Å². The molecule has 0 aliphatic rings. The van der Waals surface area contributed by atoms with E-state index >= 15 is 0 Å². The number of amides is 1. The molecule has 3 aromatic heterocycles. The van der Waals surface area contributed by atoms with Crippen LogP contribution in [0.1, 0.15) is 21.9 Å². The van der Waals surface area contributed by atoms with E-state index in [1.54, 1.807) is 16.9 Å². The normalized spacial score (nSPS) is 11.0. The molecule has 0 spiro atoms. The summed E-state index contributed by atoms with van der Waals surface area (Å²) in [6, 6.07) is 23.1. The number of carbonyl (C=O) groups excluding carboxylic acids is 1. The number of hydrogen-bond acceptors (Lipinski definition) is 4. The maximum atomic E-state index is 12.8. The van der Waals surface area contributed by atoms with E-state index in [4.69, 9.17) is 0 Å². The van der Waals surface area contributed by atoms with Crippen LogP contribution >= 0.6 is 0 Å². The standard InChI is InChI=1S/C24H20N6O/c1-17-26-21-15-18(10-11-22(21)30(17)20-8-3-2-4-9-20)24(31)27-23-12-14-29(28-23)16-19-7-5-6-13-25-19/h2-15H,16H2,1H3,(H,27,28,31). The van der Waals surface area contributed by atoms with Crippen molar-refractivity contribution in [1.82, 2.24) is 24.3 Å². The van der Waals surface area contributed by atoms with E-state index in [2.05, 4.69) is 25.0 Å². The molecule has 0 aliphatic carbocycles. The highest BCUT2D eigenvalue weighted by atomic mass is 16.1. The van der Waals surface area contributed by atoms with Gasteiger partial charge in [-0.1, -0.05) is 24.3 Å². The Labute approximate surface area is 179 Å². The van der Waals surface area contributed by atoms with Crippen LogP contribution in [-0.2, 0) is 6.54 Å². The van der Waals surface area contributed by atoms with E-state index < -0.39 is 0 Å². The van der Waals surface area contributed by atoms with Crippen molar-refractivity contribution in [3.05, 3.63) is 102 Å². The van der Waals surface area contributed by atoms with Crippen molar-refractivity contribution < 1.29 is 4.79 Å². The first-order chi connectivity index (χ1) is 15.2. The predicted molar refractivity (Wildman–Crippen MR) is 119 cm³/mol. The lowest BCUT2D eigenvalue weighted by Crippen LogP contribution is -2.13. The highest BCUT2D eigenvalue weighted by molar-refractivity contribution is 6.05. The number of nitrogens with zero attached hydrogens (tertiary/aromatic N) is 5. The summed E-state index contributed by atoms with van der Waals surface area (Å²) in [5.41, 5.74) is 4.20. The molecule has 0 aliphatic heterocycles. The van der Waals surface area contributed by atoms with E-state index in [0.717, 1.165) is 28.2 Å². The number of anilines is 1. The average Bonchev–Trinajstić information content (AvgIpc) is 3.37. The Morgan fingerprint density at radius 3 is 2.65 bits per heavy atom. The Kier molecular flexibility index (Phi) is 4.76. The molecule has 0 radical (unpaired) electrons. The Bertz CT molecular complexity index is 1360. The molecular formula is C24H20N6O. The van der Waals surface area contributed by atoms with E-state index in [1.165, 1.54) is 0 Å². The lowest BCUT2D eigenvalue weighted by molar-refractivity contribution is 0.102. The molecule has 0 fully saturated rings. The van der Waals surface area contributed by atoms with Crippen LogP contribution in [0.4, 0.5) is 5.82 Å². The number of hydrogen-bond donors (Lipinski definition) is 1. The van der Waals surface area contributed by atoms with Gasteiger partial charge in [0.1, 0.15) is 5.82 Å². The van der Waals surface area contributed by atoms with Gasteiger partial charge < -0.3 is 5.32 Å². The number of aryl methyl sites for hydroxylation is 1. The average molecular weight is 408 g/mol. The summed E-state index contributed by atoms with van der Waals surface area (Å²) in [6.45, 7) is 2.50. The molecule has 1 amide bonds. The number of aromatic nitrogens is 5. The van der Waals surface area contributed by atoms with E-state index in [0.29, 0.717) is 17.9 Å². The molecule has 0 saturated heterocycles. The van der Waals surface area contributed by atoms with Gasteiger partial charge in [-0.3, -0.25) is 19.0 Å². The molecule has 7 nitrogen and oxygen atoms in total. The summed E-state index contributed by atoms with van der Waals surface area (Å²) < 4.78 is 3.82. The third-order valence-electron chi connectivity index (χ3n) is 5.03. The molecule has 0 atom stereocenters. The Balaban J connectivity index is 1.36. The lowest BCUT2D eigenvalue weighted by atomic mass is 10.2. The number of imidazole rings is 1. The molecular weight excluding hydrogens is 388 g/mol. The lowest BCUT2D eigenvalue weighted by Gasteiger charge is -2.07. The molecule has 0 saturated carbocycles. The van der Waals surface area contributed by atoms with Crippen molar-refractivity contribution in [2.45, 2.75) is 13.5 Å². The summed E-state index contributed by atoms with van der Waals surface area (Å²) in [4.78, 5) is 21.7. The van der Waals surface area contributed by atoms with Gasteiger partial charge in [0.2, 0.25) is 0 Å². The van der Waals surface area contributed by atoms with Gasteiger partial charge in [-0.2, -0.15) is 5.10 Å². The van der Waals surface area contributed by atoms with Crippen molar-refractivity contribution >= 4 is 22.8 Å². The fourth-order valence-electron chi connectivity index (χ4n) is 3.61. The quantitative estimate of drug-likeness (QED) is 0.472. The van der Waals surface area contributed by atoms with Crippen LogP contribution in [0.25, 0.3) is 16.7 Å². The van der Waals surface area contributed by atoms with Crippen molar-refractivity contribution in [3.63, 3.8) is 0 Å². The second-order valence-corrected chi connectivity index (χ2v) is 7.21. The second-order valence-electron chi connectivity index (χ2n) is 7.21. The molecule has 5 aromatic rings. The summed E-state index contributed by atoms with van der Waals surface area (Å²) in [5, 5.41) is 7.27. The number of fused-ring (bicyclic) bond motifs is 1. The number of rotatable bonds is 5. The summed E-state index contributed by atoms with van der Waals surface area (Å²) >= 11 is 0. The number of carbonyl (C=O) groups is 1. The van der Waals surface area contributed by atoms with Gasteiger partial charge in [0.15, 0.2) is 5.82 Å². The second kappa shape index (κ2) is 7.87. The fraction of sp³-hybridized carbons (Fsp3) is 0.0833. The first-order valence-corrected chi connectivity index (χ1v) is 9.96. The van der Waals surface area contributed by atoms with E-state index in [1.807, 2.05) is 79.9 Å². The van der Waals surface area contributed by atoms with Gasteiger partial charge in [-0.25, -0.2) is 4.98 Å². The van der Waals surface area contributed by atoms with E-state index in [9.17, 15) is 4.79 Å². The van der Waals surface area contributed by atoms with Gasteiger partial charge in [0.25, 0.3) is 5.91 Å². The minimum Gasteiger partial charge on any atom is -0.305 e. The largest absolute Gasteiger partial charge is 0.305 e. The Morgan fingerprint density at radius 2 is 1.84 bits per heavy atom. The van der Waals surface area contributed by atoms with Crippen LogP contribution in [0, 0.1) is 6.92 Å². The molecule has 1 N–H and O–H groups in total. The molecule has 152 valence electrons. The number of nitrogens with one attached hydrogen (secondary N) is 1. The maximum absolute atomic E-state index is 12.8. The predicted octanol–water partition coefficient (Wildman–Crippen LogP) is 4.23. The van der Waals surface area contributed by atoms with Gasteiger partial charge >= 0.3 is 0 Å². The smallest absolute Gasteiger partial charge is 0.256 e. The van der Waals surface area contributed by atoms with Crippen LogP contribution in [-0.4, -0.2) is 30.2 Å². The Morgan fingerprint density at radius 1 is 1.00 bits per heavy atom. The molecule has 0 bridgehead atoms. The Hall–Kier alpha value is -4.26. The van der Waals surface area contributed by atoms with Gasteiger partial charge in [0, 0.05) is 29.7 Å². The van der Waals surface area contributed by atoms with Crippen molar-refractivity contribution in [2.75, 3.05) is 5.32 Å². The van der Waals surface area contributed by atoms with Crippen LogP contribution in [0.5, 0.6) is 0 Å². The zero-order chi connectivity index (χ0) is 21.2. The molecule has 31 heavy (non-hydrogen) atoms. The van der Waals surface area contributed by atoms with Crippen LogP contribution in [0.3, 0.4) is 0 Å². The first kappa shape index (κ1) is 18.7. The topological polar surface area (TPSA) is 77.6 Å². The van der Waals surface area contributed by atoms with E-state index in [-0.39, 0.29) is 5.91 Å². The highest BCUT2D eigenvalue weighted by Gasteiger charge is 2.14. The highest BCUT2D eigenvalue weighted by Crippen LogP contribution is 2.22. The molecule has 7 heteroatoms. The SMILES string of the molecule is Cc1nc2cc(C(=O)Nc3ccn(Cc4ccccn4)n3)ccc2n1-c1ccccc1. The summed E-state index contributed by atoms with van der Waals surface area (Å²) in [7, 11) is 0. The third kappa shape index (κ3) is 3.81. The number of benzene rings is 2. The van der Waals surface area contributed by atoms with Crippen molar-refractivity contribution in [1.29, 1.82) is 0 Å². The third-order valence-corrected chi connectivity index (χ3v) is 5.03. The number of para-hydroxylation sites is 1. The summed E-state index contributed by atoms with van der Waals surface area (Å²) in [5.74, 6) is 1.14. The first-order valence-electron chi connectivity index (χ1n) is 9.96. The van der Waals surface area contributed by atoms with Crippen LogP contribution in [0.2, 0.25) is 0 Å². The van der Waals surface area contributed by atoms with Gasteiger partial charge in [0.05, 0.1) is 23.3 Å². The molecule has 2 aromatic carbocycles. The maximum Gasteiger partial charge on any atom is 0.256 e. The zero-order valence-electron chi connectivity index (χ0n) is 16.9. The van der Waals surface area contributed by atoms with Crippen LogP contribution in [0.15, 0.2) is 85.2 Å². The minimum atomic E-state index is -0.225.